The van der Waals surface area contributed by atoms with Crippen LogP contribution in [0.5, 0.6) is 0 Å². The van der Waals surface area contributed by atoms with E-state index in [1.807, 2.05) is 0 Å². The Labute approximate surface area is 68.3 Å². The Morgan fingerprint density at radius 2 is 2.25 bits per heavy atom. The number of ether oxygens (including phenoxy) is 1. The molecule has 1 atom stereocenters. The van der Waals surface area contributed by atoms with Gasteiger partial charge in [0, 0.05) is 6.20 Å². The zero-order valence-corrected chi connectivity index (χ0v) is 6.06. The molecule has 2 aliphatic rings. The molecule has 62 valence electrons. The highest BCUT2D eigenvalue weighted by Crippen LogP contribution is 2.11. The molecule has 0 spiro atoms. The number of cyclic esters (lactones) is 2. The summed E-state index contributed by atoms with van der Waals surface area (Å²) in [5, 5.41) is 2.45. The van der Waals surface area contributed by atoms with Gasteiger partial charge in [0.25, 0.3) is 0 Å². The van der Waals surface area contributed by atoms with Crippen molar-refractivity contribution in [3.8, 4) is 0 Å². The highest BCUT2D eigenvalue weighted by Gasteiger charge is 2.31. The predicted molar refractivity (Wildman–Crippen MR) is 38.9 cm³/mol. The number of hydrogen-bond donors (Lipinski definition) is 1. The zero-order valence-electron chi connectivity index (χ0n) is 6.06. The van der Waals surface area contributed by atoms with Gasteiger partial charge >= 0.3 is 12.2 Å². The van der Waals surface area contributed by atoms with Gasteiger partial charge in [-0.25, -0.2) is 9.59 Å². The van der Waals surface area contributed by atoms with E-state index in [2.05, 4.69) is 10.1 Å². The second kappa shape index (κ2) is 2.37. The van der Waals surface area contributed by atoms with Gasteiger partial charge < -0.3 is 4.74 Å². The van der Waals surface area contributed by atoms with Gasteiger partial charge in [-0.3, -0.25) is 10.2 Å². The third-order valence-electron chi connectivity index (χ3n) is 1.61. The Balaban J connectivity index is 2.25. The molecule has 1 fully saturated rings. The monoisotopic (exact) mass is 166 g/mol. The highest BCUT2D eigenvalue weighted by atomic mass is 16.6. The molecule has 1 saturated heterocycles. The van der Waals surface area contributed by atoms with Crippen LogP contribution in [0.25, 0.3) is 0 Å². The van der Waals surface area contributed by atoms with Gasteiger partial charge in [0.05, 0.1) is 0 Å². The molecule has 1 unspecified atom stereocenters. The molecule has 1 N–H and O–H groups in total. The van der Waals surface area contributed by atoms with E-state index >= 15 is 0 Å². The molecule has 0 aromatic heterocycles. The van der Waals surface area contributed by atoms with Gasteiger partial charge in [0.15, 0.2) is 0 Å². The van der Waals surface area contributed by atoms with Crippen molar-refractivity contribution in [1.82, 2.24) is 10.2 Å². The quantitative estimate of drug-likeness (QED) is 0.535. The van der Waals surface area contributed by atoms with E-state index in [9.17, 15) is 9.59 Å². The third kappa shape index (κ3) is 0.952. The molecule has 5 nitrogen and oxygen atoms in total. The average Bonchev–Trinajstić information content (AvgIpc) is 2.04. The number of allylic oxidation sites excluding steroid dienone is 2. The fourth-order valence-corrected chi connectivity index (χ4v) is 1.07. The van der Waals surface area contributed by atoms with Crippen molar-refractivity contribution in [3.63, 3.8) is 0 Å². The summed E-state index contributed by atoms with van der Waals surface area (Å²) in [6.45, 7) is 0. The summed E-state index contributed by atoms with van der Waals surface area (Å²) in [5.74, 6) is 0. The number of nitrogens with one attached hydrogen (secondary N) is 1. The molecule has 0 saturated carbocycles. The number of rotatable bonds is 0. The van der Waals surface area contributed by atoms with Gasteiger partial charge in [0.2, 0.25) is 0 Å². The van der Waals surface area contributed by atoms with Crippen LogP contribution >= 0.6 is 0 Å². The van der Waals surface area contributed by atoms with E-state index in [1.165, 1.54) is 4.90 Å². The van der Waals surface area contributed by atoms with Gasteiger partial charge in [-0.1, -0.05) is 6.08 Å². The molecule has 0 aliphatic carbocycles. The van der Waals surface area contributed by atoms with Crippen molar-refractivity contribution in [1.29, 1.82) is 0 Å². The summed E-state index contributed by atoms with van der Waals surface area (Å²) in [5.41, 5.74) is 0. The number of hydrogen-bond acceptors (Lipinski definition) is 3. The fourth-order valence-electron chi connectivity index (χ4n) is 1.07. The molecule has 5 heteroatoms. The Morgan fingerprint density at radius 1 is 1.42 bits per heavy atom. The summed E-state index contributed by atoms with van der Waals surface area (Å²) in [6.07, 6.45) is 4.93. The number of carbonyl (C=O) groups excluding carboxylic acids is 2. The first-order valence-corrected chi connectivity index (χ1v) is 3.43. The summed E-state index contributed by atoms with van der Waals surface area (Å²) < 4.78 is 4.31. The Morgan fingerprint density at radius 3 is 3.08 bits per heavy atom. The molecule has 0 aromatic carbocycles. The smallest absolute Gasteiger partial charge is 0.359 e. The summed E-state index contributed by atoms with van der Waals surface area (Å²) in [4.78, 5) is 23.0. The first kappa shape index (κ1) is 6.90. The van der Waals surface area contributed by atoms with Crippen LogP contribution in [0.3, 0.4) is 0 Å². The van der Waals surface area contributed by atoms with Crippen LogP contribution in [-0.4, -0.2) is 23.3 Å². The van der Waals surface area contributed by atoms with Crippen LogP contribution in [0.4, 0.5) is 9.59 Å². The minimum absolute atomic E-state index is 0.399. The summed E-state index contributed by atoms with van der Waals surface area (Å²) >= 11 is 0. The molecular formula is C7H6N2O3. The lowest BCUT2D eigenvalue weighted by Crippen LogP contribution is -2.54. The number of carbonyl (C=O) groups is 2. The van der Waals surface area contributed by atoms with E-state index in [0.29, 0.717) is 0 Å². The van der Waals surface area contributed by atoms with E-state index in [4.69, 9.17) is 0 Å². The largest absolute Gasteiger partial charge is 0.424 e. The molecule has 0 radical (unpaired) electrons. The standard InChI is InChI=1S/C7H6N2O3/c10-6-8-5-3-1-2-4-9(5)7(11)12-6/h1-5H,(H,8,10). The van der Waals surface area contributed by atoms with E-state index in [0.717, 1.165) is 0 Å². The number of fused-ring (bicyclic) bond motifs is 1. The summed E-state index contributed by atoms with van der Waals surface area (Å²) in [7, 11) is 0. The molecule has 12 heavy (non-hydrogen) atoms. The third-order valence-corrected chi connectivity index (χ3v) is 1.61. The second-order valence-electron chi connectivity index (χ2n) is 2.38. The maximum atomic E-state index is 11.0. The van der Waals surface area contributed by atoms with Crippen molar-refractivity contribution in [2.24, 2.45) is 0 Å². The molecule has 0 aromatic rings. The van der Waals surface area contributed by atoms with Gasteiger partial charge in [-0.15, -0.1) is 0 Å². The summed E-state index contributed by atoms with van der Waals surface area (Å²) in [6, 6.07) is 0. The lowest BCUT2D eigenvalue weighted by molar-refractivity contribution is 0.0949. The molecule has 2 amide bonds. The van der Waals surface area contributed by atoms with Crippen LogP contribution in [0, 0.1) is 0 Å². The number of alkyl carbamates (subject to hydrolysis) is 1. The van der Waals surface area contributed by atoms with Crippen molar-refractivity contribution in [2.75, 3.05) is 0 Å². The van der Waals surface area contributed by atoms with Gasteiger partial charge in [0.1, 0.15) is 6.17 Å². The van der Waals surface area contributed by atoms with E-state index < -0.39 is 18.4 Å². The first-order valence-electron chi connectivity index (χ1n) is 3.43. The van der Waals surface area contributed by atoms with Gasteiger partial charge in [-0.05, 0) is 12.2 Å². The lowest BCUT2D eigenvalue weighted by atomic mass is 10.3. The normalized spacial score (nSPS) is 26.3. The molecule has 2 rings (SSSR count). The minimum Gasteiger partial charge on any atom is -0.359 e. The molecule has 0 bridgehead atoms. The van der Waals surface area contributed by atoms with Crippen LogP contribution in [0.15, 0.2) is 24.4 Å². The molecular weight excluding hydrogens is 160 g/mol. The van der Waals surface area contributed by atoms with Crippen molar-refractivity contribution >= 4 is 12.2 Å². The SMILES string of the molecule is O=C1NC2C=CC=CN2C(=O)O1. The van der Waals surface area contributed by atoms with Crippen LogP contribution in [0.2, 0.25) is 0 Å². The Kier molecular flexibility index (Phi) is 1.36. The van der Waals surface area contributed by atoms with Crippen LogP contribution < -0.4 is 5.32 Å². The van der Waals surface area contributed by atoms with E-state index in [1.54, 1.807) is 24.4 Å². The molecule has 2 heterocycles. The Bertz CT molecular complexity index is 295. The van der Waals surface area contributed by atoms with Crippen molar-refractivity contribution in [2.45, 2.75) is 6.17 Å². The van der Waals surface area contributed by atoms with Crippen molar-refractivity contribution < 1.29 is 14.3 Å². The highest BCUT2D eigenvalue weighted by molar-refractivity contribution is 5.87. The maximum absolute atomic E-state index is 11.0. The minimum atomic E-state index is -0.707. The van der Waals surface area contributed by atoms with Gasteiger partial charge in [-0.2, -0.15) is 0 Å². The molecule has 2 aliphatic heterocycles. The maximum Gasteiger partial charge on any atom is 0.424 e. The zero-order chi connectivity index (χ0) is 8.55. The number of nitrogens with zero attached hydrogens (tertiary/aromatic N) is 1. The van der Waals surface area contributed by atoms with Crippen molar-refractivity contribution in [3.05, 3.63) is 24.4 Å². The van der Waals surface area contributed by atoms with E-state index in [-0.39, 0.29) is 0 Å². The predicted octanol–water partition coefficient (Wildman–Crippen LogP) is 0.558. The second-order valence-corrected chi connectivity index (χ2v) is 2.38. The van der Waals surface area contributed by atoms with Crippen LogP contribution in [0.1, 0.15) is 0 Å². The fraction of sp³-hybridized carbons (Fsp3) is 0.143. The number of amides is 2. The van der Waals surface area contributed by atoms with Crippen LogP contribution in [-0.2, 0) is 4.74 Å². The topological polar surface area (TPSA) is 58.6 Å². The average molecular weight is 166 g/mol. The first-order chi connectivity index (χ1) is 5.77. The Hall–Kier alpha value is -1.78. The lowest BCUT2D eigenvalue weighted by Gasteiger charge is -2.31.